The standard InChI is InChI=1S/C17H21N5O2/c1-11-16(12(2)21(3)20-11)17(24)19-9-13-7-14(10-18-8-13)22-6-4-5-15(22)23/h7-8,10H,4-6,9H2,1-3H3,(H,19,24). The Labute approximate surface area is 140 Å². The van der Waals surface area contributed by atoms with Crippen molar-refractivity contribution < 1.29 is 9.59 Å². The van der Waals surface area contributed by atoms with Crippen molar-refractivity contribution in [1.29, 1.82) is 0 Å². The number of hydrogen-bond donors (Lipinski definition) is 1. The minimum absolute atomic E-state index is 0.125. The second-order valence-electron chi connectivity index (χ2n) is 6.05. The van der Waals surface area contributed by atoms with Crippen LogP contribution < -0.4 is 10.2 Å². The monoisotopic (exact) mass is 327 g/mol. The first-order valence-corrected chi connectivity index (χ1v) is 8.00. The van der Waals surface area contributed by atoms with Crippen molar-refractivity contribution in [3.63, 3.8) is 0 Å². The van der Waals surface area contributed by atoms with Gasteiger partial charge in [0.05, 0.1) is 23.1 Å². The van der Waals surface area contributed by atoms with Crippen LogP contribution in [0.15, 0.2) is 18.5 Å². The van der Waals surface area contributed by atoms with E-state index in [4.69, 9.17) is 0 Å². The van der Waals surface area contributed by atoms with Crippen molar-refractivity contribution in [2.75, 3.05) is 11.4 Å². The van der Waals surface area contributed by atoms with E-state index >= 15 is 0 Å². The predicted octanol–water partition coefficient (Wildman–Crippen LogP) is 1.49. The van der Waals surface area contributed by atoms with Gasteiger partial charge in [0.15, 0.2) is 0 Å². The maximum atomic E-state index is 12.4. The minimum Gasteiger partial charge on any atom is -0.348 e. The number of pyridine rings is 1. The average molecular weight is 327 g/mol. The molecule has 126 valence electrons. The van der Waals surface area contributed by atoms with Gasteiger partial charge >= 0.3 is 0 Å². The smallest absolute Gasteiger partial charge is 0.255 e. The summed E-state index contributed by atoms with van der Waals surface area (Å²) in [6, 6.07) is 1.90. The highest BCUT2D eigenvalue weighted by molar-refractivity contribution is 5.96. The van der Waals surface area contributed by atoms with Crippen LogP contribution in [0, 0.1) is 13.8 Å². The van der Waals surface area contributed by atoms with E-state index in [2.05, 4.69) is 15.4 Å². The fraction of sp³-hybridized carbons (Fsp3) is 0.412. The van der Waals surface area contributed by atoms with Crippen molar-refractivity contribution in [2.45, 2.75) is 33.2 Å². The Hall–Kier alpha value is -2.70. The molecule has 3 heterocycles. The van der Waals surface area contributed by atoms with Crippen LogP contribution in [0.1, 0.15) is 40.2 Å². The van der Waals surface area contributed by atoms with Crippen LogP contribution in [0.3, 0.4) is 0 Å². The molecule has 7 nitrogen and oxygen atoms in total. The van der Waals surface area contributed by atoms with E-state index in [1.54, 1.807) is 22.0 Å². The van der Waals surface area contributed by atoms with E-state index in [-0.39, 0.29) is 11.8 Å². The summed E-state index contributed by atoms with van der Waals surface area (Å²) in [4.78, 5) is 30.2. The molecule has 0 saturated carbocycles. The Morgan fingerprint density at radius 1 is 1.33 bits per heavy atom. The number of anilines is 1. The highest BCUT2D eigenvalue weighted by Gasteiger charge is 2.22. The third kappa shape index (κ3) is 3.02. The maximum absolute atomic E-state index is 12.4. The summed E-state index contributed by atoms with van der Waals surface area (Å²) in [7, 11) is 1.82. The van der Waals surface area contributed by atoms with Crippen molar-refractivity contribution in [3.8, 4) is 0 Å². The van der Waals surface area contributed by atoms with Crippen LogP contribution in [0.25, 0.3) is 0 Å². The first-order valence-electron chi connectivity index (χ1n) is 8.00. The fourth-order valence-electron chi connectivity index (χ4n) is 3.01. The molecule has 1 fully saturated rings. The Morgan fingerprint density at radius 2 is 2.12 bits per heavy atom. The molecule has 2 aromatic rings. The topological polar surface area (TPSA) is 80.1 Å². The van der Waals surface area contributed by atoms with Gasteiger partial charge in [0.2, 0.25) is 5.91 Å². The first kappa shape index (κ1) is 16.2. The van der Waals surface area contributed by atoms with Gasteiger partial charge in [-0.05, 0) is 31.9 Å². The molecular weight excluding hydrogens is 306 g/mol. The molecular formula is C17H21N5O2. The number of hydrogen-bond acceptors (Lipinski definition) is 4. The van der Waals surface area contributed by atoms with Crippen LogP contribution in [0.4, 0.5) is 5.69 Å². The molecule has 7 heteroatoms. The Kier molecular flexibility index (Phi) is 4.33. The molecule has 0 spiro atoms. The largest absolute Gasteiger partial charge is 0.348 e. The number of carbonyl (C=O) groups is 2. The SMILES string of the molecule is Cc1nn(C)c(C)c1C(=O)NCc1cncc(N2CCCC2=O)c1. The molecule has 0 atom stereocenters. The van der Waals surface area contributed by atoms with Crippen LogP contribution in [-0.4, -0.2) is 33.1 Å². The molecule has 0 bridgehead atoms. The van der Waals surface area contributed by atoms with Crippen molar-refractivity contribution in [3.05, 3.63) is 41.0 Å². The summed E-state index contributed by atoms with van der Waals surface area (Å²) >= 11 is 0. The molecule has 3 rings (SSSR count). The van der Waals surface area contributed by atoms with Crippen LogP contribution in [-0.2, 0) is 18.4 Å². The first-order chi connectivity index (χ1) is 11.5. The lowest BCUT2D eigenvalue weighted by molar-refractivity contribution is -0.117. The lowest BCUT2D eigenvalue weighted by Crippen LogP contribution is -2.26. The quantitative estimate of drug-likeness (QED) is 0.922. The molecule has 1 N–H and O–H groups in total. The van der Waals surface area contributed by atoms with Gasteiger partial charge in [0.1, 0.15) is 0 Å². The van der Waals surface area contributed by atoms with Gasteiger partial charge < -0.3 is 10.2 Å². The summed E-state index contributed by atoms with van der Waals surface area (Å²) in [5, 5.41) is 7.16. The molecule has 0 aliphatic carbocycles. The van der Waals surface area contributed by atoms with Crippen LogP contribution >= 0.6 is 0 Å². The highest BCUT2D eigenvalue weighted by Crippen LogP contribution is 2.21. The number of aromatic nitrogens is 3. The summed E-state index contributed by atoms with van der Waals surface area (Å²) in [5.74, 6) is -0.0275. The van der Waals surface area contributed by atoms with Gasteiger partial charge in [0, 0.05) is 38.4 Å². The van der Waals surface area contributed by atoms with Gasteiger partial charge in [-0.3, -0.25) is 19.3 Å². The van der Waals surface area contributed by atoms with E-state index < -0.39 is 0 Å². The van der Waals surface area contributed by atoms with Crippen LogP contribution in [0.2, 0.25) is 0 Å². The van der Waals surface area contributed by atoms with Crippen LogP contribution in [0.5, 0.6) is 0 Å². The molecule has 0 radical (unpaired) electrons. The molecule has 24 heavy (non-hydrogen) atoms. The zero-order valence-electron chi connectivity index (χ0n) is 14.2. The number of rotatable bonds is 4. The summed E-state index contributed by atoms with van der Waals surface area (Å²) < 4.78 is 1.70. The fourth-order valence-corrected chi connectivity index (χ4v) is 3.01. The zero-order valence-corrected chi connectivity index (χ0v) is 14.2. The molecule has 0 unspecified atom stereocenters. The van der Waals surface area contributed by atoms with Gasteiger partial charge in [-0.25, -0.2) is 0 Å². The van der Waals surface area contributed by atoms with Gasteiger partial charge in [-0.1, -0.05) is 0 Å². The van der Waals surface area contributed by atoms with Gasteiger partial charge in [-0.2, -0.15) is 5.10 Å². The normalized spacial score (nSPS) is 14.3. The Morgan fingerprint density at radius 3 is 2.75 bits per heavy atom. The second-order valence-corrected chi connectivity index (χ2v) is 6.05. The third-order valence-electron chi connectivity index (χ3n) is 4.35. The molecule has 1 aliphatic rings. The summed E-state index contributed by atoms with van der Waals surface area (Å²) in [5.41, 5.74) is 3.80. The number of nitrogens with zero attached hydrogens (tertiary/aromatic N) is 4. The van der Waals surface area contributed by atoms with E-state index in [0.29, 0.717) is 24.2 Å². The van der Waals surface area contributed by atoms with Crippen molar-refractivity contribution in [1.82, 2.24) is 20.1 Å². The number of aryl methyl sites for hydroxylation is 2. The molecule has 2 aromatic heterocycles. The van der Waals surface area contributed by atoms with Gasteiger partial charge in [0.25, 0.3) is 5.91 Å². The summed E-state index contributed by atoms with van der Waals surface area (Å²) in [6.07, 6.45) is 4.84. The molecule has 1 saturated heterocycles. The Bertz CT molecular complexity index is 796. The number of nitrogens with one attached hydrogen (secondary N) is 1. The number of amides is 2. The summed E-state index contributed by atoms with van der Waals surface area (Å²) in [6.45, 7) is 4.78. The van der Waals surface area contributed by atoms with Crippen molar-refractivity contribution >= 4 is 17.5 Å². The third-order valence-corrected chi connectivity index (χ3v) is 4.35. The lowest BCUT2D eigenvalue weighted by Gasteiger charge is -2.16. The van der Waals surface area contributed by atoms with E-state index in [0.717, 1.165) is 29.9 Å². The molecule has 0 aromatic carbocycles. The predicted molar refractivity (Wildman–Crippen MR) is 89.7 cm³/mol. The van der Waals surface area contributed by atoms with Crippen molar-refractivity contribution in [2.24, 2.45) is 7.05 Å². The molecule has 1 aliphatic heterocycles. The average Bonchev–Trinajstić information content (AvgIpc) is 3.09. The highest BCUT2D eigenvalue weighted by atomic mass is 16.2. The number of carbonyl (C=O) groups excluding carboxylic acids is 2. The Balaban J connectivity index is 1.70. The lowest BCUT2D eigenvalue weighted by atomic mass is 10.1. The minimum atomic E-state index is -0.152. The van der Waals surface area contributed by atoms with Gasteiger partial charge in [-0.15, -0.1) is 0 Å². The maximum Gasteiger partial charge on any atom is 0.255 e. The van der Waals surface area contributed by atoms with E-state index in [1.165, 1.54) is 0 Å². The van der Waals surface area contributed by atoms with E-state index in [1.807, 2.05) is 27.0 Å². The molecule has 2 amide bonds. The zero-order chi connectivity index (χ0) is 17.3. The van der Waals surface area contributed by atoms with E-state index in [9.17, 15) is 9.59 Å². The second kappa shape index (κ2) is 6.43.